The van der Waals surface area contributed by atoms with Gasteiger partial charge in [-0.2, -0.15) is 0 Å². The van der Waals surface area contributed by atoms with E-state index in [0.29, 0.717) is 11.7 Å². The molecule has 1 saturated heterocycles. The molecule has 1 aliphatic heterocycles. The monoisotopic (exact) mass is 298 g/mol. The van der Waals surface area contributed by atoms with E-state index in [1.165, 1.54) is 0 Å². The number of hydrogen-bond donors (Lipinski definition) is 1. The van der Waals surface area contributed by atoms with Gasteiger partial charge >= 0.3 is 0 Å². The Hall–Kier alpha value is -0.940. The van der Waals surface area contributed by atoms with Gasteiger partial charge in [0.25, 0.3) is 5.91 Å². The molecule has 1 atom stereocenters. The predicted molar refractivity (Wildman–Crippen MR) is 69.9 cm³/mol. The van der Waals surface area contributed by atoms with E-state index in [1.807, 2.05) is 31.2 Å². The third-order valence-corrected chi connectivity index (χ3v) is 3.34. The van der Waals surface area contributed by atoms with Crippen molar-refractivity contribution in [2.45, 2.75) is 19.5 Å². The molecule has 2 rings (SSSR count). The first-order valence-electron chi connectivity index (χ1n) is 4.94. The molecule has 1 aromatic rings. The van der Waals surface area contributed by atoms with Crippen LogP contribution in [0.25, 0.3) is 0 Å². The highest BCUT2D eigenvalue weighted by Gasteiger charge is 2.31. The fourth-order valence-electron chi connectivity index (χ4n) is 1.58. The highest BCUT2D eigenvalue weighted by atomic mass is 79.9. The summed E-state index contributed by atoms with van der Waals surface area (Å²) in [4.78, 5) is 13.4. The maximum absolute atomic E-state index is 11.8. The lowest BCUT2D eigenvalue weighted by molar-refractivity contribution is -0.127. The number of thiocarbonyl (C=S) groups is 1. The van der Waals surface area contributed by atoms with Crippen LogP contribution in [0.15, 0.2) is 28.7 Å². The molecule has 0 spiro atoms. The first kappa shape index (κ1) is 11.5. The molecule has 0 aromatic heterocycles. The number of nitrogens with one attached hydrogen (secondary N) is 1. The van der Waals surface area contributed by atoms with Crippen LogP contribution in [0.2, 0.25) is 0 Å². The summed E-state index contributed by atoms with van der Waals surface area (Å²) in [5, 5.41) is 3.46. The van der Waals surface area contributed by atoms with Crippen LogP contribution in [0.4, 0.5) is 0 Å². The van der Waals surface area contributed by atoms with Gasteiger partial charge in [-0.1, -0.05) is 28.1 Å². The van der Waals surface area contributed by atoms with E-state index in [0.717, 1.165) is 10.0 Å². The van der Waals surface area contributed by atoms with Crippen molar-refractivity contribution < 1.29 is 4.79 Å². The second kappa shape index (κ2) is 4.51. The van der Waals surface area contributed by atoms with E-state index in [2.05, 4.69) is 21.2 Å². The number of amides is 1. The second-order valence-corrected chi connectivity index (χ2v) is 5.02. The standard InChI is InChI=1S/C11H11BrN2OS/c1-7-10(15)14(11(16)13-7)6-8-2-4-9(12)5-3-8/h2-5,7H,6H2,1H3,(H,13,16)/t7-/m0/s1. The van der Waals surface area contributed by atoms with Crippen molar-refractivity contribution in [2.24, 2.45) is 0 Å². The molecular formula is C11H11BrN2OS. The number of rotatable bonds is 2. The van der Waals surface area contributed by atoms with Crippen molar-refractivity contribution in [3.63, 3.8) is 0 Å². The van der Waals surface area contributed by atoms with Gasteiger partial charge < -0.3 is 5.32 Å². The van der Waals surface area contributed by atoms with Crippen LogP contribution >= 0.6 is 28.1 Å². The van der Waals surface area contributed by atoms with Gasteiger partial charge in [0, 0.05) is 4.47 Å². The van der Waals surface area contributed by atoms with Crippen molar-refractivity contribution in [3.8, 4) is 0 Å². The van der Waals surface area contributed by atoms with Gasteiger partial charge in [-0.25, -0.2) is 0 Å². The maximum atomic E-state index is 11.8. The minimum absolute atomic E-state index is 0.0351. The minimum atomic E-state index is -0.206. The van der Waals surface area contributed by atoms with Crippen LogP contribution in [-0.4, -0.2) is 22.0 Å². The van der Waals surface area contributed by atoms with Crippen molar-refractivity contribution in [2.75, 3.05) is 0 Å². The van der Waals surface area contributed by atoms with E-state index in [4.69, 9.17) is 12.2 Å². The second-order valence-electron chi connectivity index (χ2n) is 3.72. The molecule has 0 radical (unpaired) electrons. The highest BCUT2D eigenvalue weighted by molar-refractivity contribution is 9.10. The average molecular weight is 299 g/mol. The quantitative estimate of drug-likeness (QED) is 0.848. The lowest BCUT2D eigenvalue weighted by Crippen LogP contribution is -2.30. The zero-order chi connectivity index (χ0) is 11.7. The van der Waals surface area contributed by atoms with Gasteiger partial charge in [-0.15, -0.1) is 0 Å². The Labute approximate surface area is 108 Å². The third-order valence-electron chi connectivity index (χ3n) is 2.48. The van der Waals surface area contributed by atoms with Gasteiger partial charge in [0.05, 0.1) is 6.54 Å². The molecule has 16 heavy (non-hydrogen) atoms. The van der Waals surface area contributed by atoms with Crippen molar-refractivity contribution in [1.29, 1.82) is 0 Å². The predicted octanol–water partition coefficient (Wildman–Crippen LogP) is 2.05. The van der Waals surface area contributed by atoms with Crippen LogP contribution in [0.3, 0.4) is 0 Å². The lowest BCUT2D eigenvalue weighted by atomic mass is 10.2. The smallest absolute Gasteiger partial charge is 0.251 e. The Balaban J connectivity index is 2.13. The summed E-state index contributed by atoms with van der Waals surface area (Å²) < 4.78 is 1.03. The van der Waals surface area contributed by atoms with Gasteiger partial charge in [0.2, 0.25) is 0 Å². The summed E-state index contributed by atoms with van der Waals surface area (Å²) in [6.45, 7) is 2.35. The van der Waals surface area contributed by atoms with Crippen LogP contribution < -0.4 is 5.32 Å². The number of nitrogens with zero attached hydrogens (tertiary/aromatic N) is 1. The fraction of sp³-hybridized carbons (Fsp3) is 0.273. The van der Waals surface area contributed by atoms with E-state index in [-0.39, 0.29) is 11.9 Å². The Morgan fingerprint density at radius 2 is 2.06 bits per heavy atom. The molecule has 5 heteroatoms. The maximum Gasteiger partial charge on any atom is 0.251 e. The number of hydrogen-bond acceptors (Lipinski definition) is 2. The summed E-state index contributed by atoms with van der Waals surface area (Å²) in [7, 11) is 0. The summed E-state index contributed by atoms with van der Waals surface area (Å²) in [5.74, 6) is 0.0351. The summed E-state index contributed by atoms with van der Waals surface area (Å²) in [6, 6.07) is 7.65. The molecule has 1 fully saturated rings. The van der Waals surface area contributed by atoms with E-state index < -0.39 is 0 Å². The third kappa shape index (κ3) is 2.25. The Kier molecular flexibility index (Phi) is 3.25. The number of halogens is 1. The molecule has 1 aromatic carbocycles. The molecule has 1 N–H and O–H groups in total. The minimum Gasteiger partial charge on any atom is -0.351 e. The van der Waals surface area contributed by atoms with Gasteiger partial charge in [-0.05, 0) is 36.8 Å². The molecular weight excluding hydrogens is 288 g/mol. The summed E-state index contributed by atoms with van der Waals surface area (Å²) in [6.07, 6.45) is 0. The van der Waals surface area contributed by atoms with Gasteiger partial charge in [0.15, 0.2) is 5.11 Å². The first-order valence-corrected chi connectivity index (χ1v) is 6.14. The van der Waals surface area contributed by atoms with Crippen molar-refractivity contribution in [1.82, 2.24) is 10.2 Å². The number of benzene rings is 1. The number of carbonyl (C=O) groups excluding carboxylic acids is 1. The number of carbonyl (C=O) groups is 1. The Bertz CT molecular complexity index is 432. The molecule has 0 unspecified atom stereocenters. The van der Waals surface area contributed by atoms with Crippen LogP contribution in [0, 0.1) is 0 Å². The fourth-order valence-corrected chi connectivity index (χ4v) is 2.18. The molecule has 1 aliphatic rings. The lowest BCUT2D eigenvalue weighted by Gasteiger charge is -2.14. The van der Waals surface area contributed by atoms with Gasteiger partial charge in [0.1, 0.15) is 6.04 Å². The van der Waals surface area contributed by atoms with Crippen molar-refractivity contribution >= 4 is 39.2 Å². The molecule has 0 saturated carbocycles. The normalized spacial score (nSPS) is 20.1. The SMILES string of the molecule is C[C@@H]1NC(=S)N(Cc2ccc(Br)cc2)C1=O. The van der Waals surface area contributed by atoms with Crippen LogP contribution in [0.1, 0.15) is 12.5 Å². The first-order chi connectivity index (χ1) is 7.58. The Morgan fingerprint density at radius 3 is 2.56 bits per heavy atom. The Morgan fingerprint density at radius 1 is 1.44 bits per heavy atom. The van der Waals surface area contributed by atoms with E-state index >= 15 is 0 Å². The zero-order valence-corrected chi connectivity index (χ0v) is 11.1. The zero-order valence-electron chi connectivity index (χ0n) is 8.74. The average Bonchev–Trinajstić information content (AvgIpc) is 2.48. The summed E-state index contributed by atoms with van der Waals surface area (Å²) in [5.41, 5.74) is 1.06. The summed E-state index contributed by atoms with van der Waals surface area (Å²) >= 11 is 8.48. The molecule has 3 nitrogen and oxygen atoms in total. The molecule has 0 bridgehead atoms. The van der Waals surface area contributed by atoms with Crippen LogP contribution in [-0.2, 0) is 11.3 Å². The topological polar surface area (TPSA) is 32.3 Å². The van der Waals surface area contributed by atoms with Crippen LogP contribution in [0.5, 0.6) is 0 Å². The molecule has 0 aliphatic carbocycles. The molecule has 1 heterocycles. The van der Waals surface area contributed by atoms with Crippen molar-refractivity contribution in [3.05, 3.63) is 34.3 Å². The van der Waals surface area contributed by atoms with Gasteiger partial charge in [-0.3, -0.25) is 9.69 Å². The highest BCUT2D eigenvalue weighted by Crippen LogP contribution is 2.15. The largest absolute Gasteiger partial charge is 0.351 e. The van der Waals surface area contributed by atoms with E-state index in [1.54, 1.807) is 4.90 Å². The van der Waals surface area contributed by atoms with E-state index in [9.17, 15) is 4.79 Å². The molecule has 84 valence electrons. The molecule has 1 amide bonds.